The third kappa shape index (κ3) is 4.92. The summed E-state index contributed by atoms with van der Waals surface area (Å²) in [6, 6.07) is 6.27. The number of hydrogen-bond acceptors (Lipinski definition) is 6. The maximum absolute atomic E-state index is 15.4. The molecule has 12 heteroatoms. The summed E-state index contributed by atoms with van der Waals surface area (Å²) >= 11 is 0. The number of ether oxygens (including phenoxy) is 1. The number of alkyl halides is 3. The van der Waals surface area contributed by atoms with E-state index < -0.39 is 34.9 Å². The molecule has 1 amide bonds. The van der Waals surface area contributed by atoms with Crippen LogP contribution in [0.3, 0.4) is 0 Å². The van der Waals surface area contributed by atoms with E-state index in [1.165, 1.54) is 22.8 Å². The molecule has 0 N–H and O–H groups in total. The fourth-order valence-electron chi connectivity index (χ4n) is 6.38. The van der Waals surface area contributed by atoms with Crippen LogP contribution in [-0.4, -0.2) is 51.0 Å². The summed E-state index contributed by atoms with van der Waals surface area (Å²) < 4.78 is 67.6. The average molecular weight is 622 g/mol. The first-order valence-corrected chi connectivity index (χ1v) is 14.6. The molecule has 0 spiro atoms. The van der Waals surface area contributed by atoms with Gasteiger partial charge in [-0.25, -0.2) is 9.18 Å². The molecule has 2 aliphatic rings. The second-order valence-corrected chi connectivity index (χ2v) is 11.7. The van der Waals surface area contributed by atoms with Crippen LogP contribution < -0.4 is 15.3 Å². The summed E-state index contributed by atoms with van der Waals surface area (Å²) in [7, 11) is 0. The number of carbonyl (C=O) groups excluding carboxylic acids is 1. The summed E-state index contributed by atoms with van der Waals surface area (Å²) in [6.07, 6.45) is -2.10. The highest BCUT2D eigenvalue weighted by Gasteiger charge is 2.41. The van der Waals surface area contributed by atoms with E-state index >= 15 is 4.39 Å². The molecule has 1 fully saturated rings. The van der Waals surface area contributed by atoms with Crippen molar-refractivity contribution in [3.63, 3.8) is 0 Å². The Morgan fingerprint density at radius 2 is 1.93 bits per heavy atom. The third-order valence-electron chi connectivity index (χ3n) is 8.45. The van der Waals surface area contributed by atoms with E-state index in [1.54, 1.807) is 35.9 Å². The highest BCUT2D eigenvalue weighted by atomic mass is 19.4. The molecule has 0 saturated carbocycles. The van der Waals surface area contributed by atoms with Crippen LogP contribution >= 0.6 is 0 Å². The number of hydrogen-bond donors (Lipinski definition) is 0. The van der Waals surface area contributed by atoms with E-state index in [2.05, 4.69) is 16.5 Å². The lowest BCUT2D eigenvalue weighted by Crippen LogP contribution is -2.54. The van der Waals surface area contributed by atoms with Gasteiger partial charge in [-0.2, -0.15) is 18.2 Å². The number of carbonyl (C=O) groups is 1. The lowest BCUT2D eigenvalue weighted by molar-refractivity contribution is -0.137. The Morgan fingerprint density at radius 3 is 2.60 bits per heavy atom. The van der Waals surface area contributed by atoms with Gasteiger partial charge in [-0.05, 0) is 49.6 Å². The minimum atomic E-state index is -4.91. The van der Waals surface area contributed by atoms with Gasteiger partial charge in [0, 0.05) is 53.9 Å². The highest BCUT2D eigenvalue weighted by Crippen LogP contribution is 2.51. The van der Waals surface area contributed by atoms with Crippen molar-refractivity contribution in [2.45, 2.75) is 52.4 Å². The van der Waals surface area contributed by atoms with Crippen LogP contribution in [0.4, 0.5) is 23.4 Å². The van der Waals surface area contributed by atoms with Crippen molar-refractivity contribution in [3.8, 4) is 22.6 Å². The van der Waals surface area contributed by atoms with Gasteiger partial charge in [-0.3, -0.25) is 14.3 Å². The van der Waals surface area contributed by atoms with Gasteiger partial charge in [0.1, 0.15) is 23.8 Å². The number of fused-ring (bicyclic) bond motifs is 5. The number of pyridine rings is 1. The Morgan fingerprint density at radius 1 is 1.18 bits per heavy atom. The van der Waals surface area contributed by atoms with Crippen LogP contribution in [-0.2, 0) is 17.6 Å². The van der Waals surface area contributed by atoms with Gasteiger partial charge in [-0.1, -0.05) is 32.6 Å². The molecule has 0 bridgehead atoms. The summed E-state index contributed by atoms with van der Waals surface area (Å²) in [5, 5.41) is 0.00812. The molecule has 234 valence electrons. The number of aromatic nitrogens is 3. The van der Waals surface area contributed by atoms with E-state index in [1.807, 2.05) is 13.8 Å². The fraction of sp³-hybridized carbons (Fsp3) is 0.333. The molecule has 6 rings (SSSR count). The molecule has 1 saturated heterocycles. The van der Waals surface area contributed by atoms with Gasteiger partial charge in [-0.15, -0.1) is 0 Å². The topological polar surface area (TPSA) is 80.6 Å². The second kappa shape index (κ2) is 11.0. The van der Waals surface area contributed by atoms with E-state index in [4.69, 9.17) is 4.74 Å². The molecule has 0 radical (unpaired) electrons. The number of benzene rings is 2. The lowest BCUT2D eigenvalue weighted by Gasteiger charge is -2.41. The quantitative estimate of drug-likeness (QED) is 0.201. The van der Waals surface area contributed by atoms with Gasteiger partial charge in [0.25, 0.3) is 0 Å². The number of anilines is 1. The maximum atomic E-state index is 15.4. The number of nitrogens with zero attached hydrogens (tertiary/aromatic N) is 5. The second-order valence-electron chi connectivity index (χ2n) is 11.7. The zero-order chi connectivity index (χ0) is 32.4. The van der Waals surface area contributed by atoms with Crippen molar-refractivity contribution in [3.05, 3.63) is 87.9 Å². The predicted octanol–water partition coefficient (Wildman–Crippen LogP) is 6.15. The molecule has 2 aromatic carbocycles. The van der Waals surface area contributed by atoms with Gasteiger partial charge in [0.05, 0.1) is 16.9 Å². The largest absolute Gasteiger partial charge is 0.486 e. The van der Waals surface area contributed by atoms with Gasteiger partial charge in [0.15, 0.2) is 5.75 Å². The Bertz CT molecular complexity index is 1930. The minimum Gasteiger partial charge on any atom is -0.486 e. The van der Waals surface area contributed by atoms with E-state index in [0.717, 1.165) is 12.1 Å². The third-order valence-corrected chi connectivity index (χ3v) is 8.45. The number of rotatable bonds is 4. The van der Waals surface area contributed by atoms with Crippen LogP contribution in [0.15, 0.2) is 54.0 Å². The summed E-state index contributed by atoms with van der Waals surface area (Å²) in [5.41, 5.74) is -0.697. The molecule has 0 unspecified atom stereocenters. The number of amides is 1. The molecule has 45 heavy (non-hydrogen) atoms. The Hall–Kier alpha value is -4.74. The first-order valence-electron chi connectivity index (χ1n) is 14.6. The van der Waals surface area contributed by atoms with Crippen molar-refractivity contribution in [1.82, 2.24) is 19.4 Å². The molecule has 0 aliphatic carbocycles. The van der Waals surface area contributed by atoms with Crippen LogP contribution in [0, 0.1) is 12.7 Å². The van der Waals surface area contributed by atoms with Gasteiger partial charge in [0.2, 0.25) is 5.91 Å². The predicted molar refractivity (Wildman–Crippen MR) is 162 cm³/mol. The van der Waals surface area contributed by atoms with Gasteiger partial charge < -0.3 is 14.5 Å². The zero-order valence-electron chi connectivity index (χ0n) is 25.2. The van der Waals surface area contributed by atoms with Crippen molar-refractivity contribution < 1.29 is 27.1 Å². The average Bonchev–Trinajstić information content (AvgIpc) is 2.99. The number of halogens is 4. The first kappa shape index (κ1) is 30.3. The summed E-state index contributed by atoms with van der Waals surface area (Å²) in [6.45, 7) is 11.4. The number of piperazine rings is 1. The van der Waals surface area contributed by atoms with Crippen molar-refractivity contribution >= 4 is 22.6 Å². The SMILES string of the molecule is C=CC(=O)N1CCN(c2nc(=O)n(-c3c(C)ccnc3C(C)C)c3c4c(c(C(F)(F)F)cc23)-c2c(F)cccc2CO4)[C@@H](C)C1. The van der Waals surface area contributed by atoms with Crippen LogP contribution in [0.2, 0.25) is 0 Å². The standard InChI is InChI=1S/C33H31F4N5O3/c1-6-24(43)40-12-13-41(19(5)15-40)31-21-14-22(33(35,36)37)26-25-20(8-7-9-23(25)34)16-45-30(26)29(21)42(32(44)39-31)28-18(4)10-11-38-27(28)17(2)3/h6-11,14,17,19H,1,12-13,15-16H2,2-5H3/t19-/m0/s1. The first-order chi connectivity index (χ1) is 21.3. The monoisotopic (exact) mass is 621 g/mol. The minimum absolute atomic E-state index is 0.00812. The van der Waals surface area contributed by atoms with Crippen molar-refractivity contribution in [2.75, 3.05) is 24.5 Å². The molecule has 4 aromatic rings. The molecule has 1 atom stereocenters. The summed E-state index contributed by atoms with van der Waals surface area (Å²) in [4.78, 5) is 38.8. The van der Waals surface area contributed by atoms with E-state index in [-0.39, 0.29) is 71.7 Å². The Labute approximate surface area is 256 Å². The van der Waals surface area contributed by atoms with Crippen LogP contribution in [0.1, 0.15) is 49.1 Å². The maximum Gasteiger partial charge on any atom is 0.417 e. The van der Waals surface area contributed by atoms with Crippen LogP contribution in [0.25, 0.3) is 27.7 Å². The highest BCUT2D eigenvalue weighted by molar-refractivity contribution is 6.02. The van der Waals surface area contributed by atoms with Crippen LogP contribution in [0.5, 0.6) is 5.75 Å². The Kier molecular flexibility index (Phi) is 7.41. The van der Waals surface area contributed by atoms with Crippen molar-refractivity contribution in [2.24, 2.45) is 0 Å². The normalized spacial score (nSPS) is 16.4. The molecule has 8 nitrogen and oxygen atoms in total. The molecular formula is C33H31F4N5O3. The lowest BCUT2D eigenvalue weighted by atomic mass is 9.90. The smallest absolute Gasteiger partial charge is 0.417 e. The van der Waals surface area contributed by atoms with E-state index in [9.17, 15) is 22.8 Å². The fourth-order valence-corrected chi connectivity index (χ4v) is 6.38. The van der Waals surface area contributed by atoms with Crippen molar-refractivity contribution in [1.29, 1.82) is 0 Å². The molecule has 2 aliphatic heterocycles. The summed E-state index contributed by atoms with van der Waals surface area (Å²) in [5.74, 6) is -1.51. The molecule has 2 aromatic heterocycles. The zero-order valence-corrected chi connectivity index (χ0v) is 25.2. The van der Waals surface area contributed by atoms with Gasteiger partial charge >= 0.3 is 11.9 Å². The molecular weight excluding hydrogens is 590 g/mol. The molecule has 4 heterocycles. The van der Waals surface area contributed by atoms with E-state index in [0.29, 0.717) is 16.9 Å². The number of aryl methyl sites for hydroxylation is 1. The Balaban J connectivity index is 1.77.